The van der Waals surface area contributed by atoms with Gasteiger partial charge in [-0.05, 0) is 12.1 Å². The summed E-state index contributed by atoms with van der Waals surface area (Å²) >= 11 is 0. The van der Waals surface area contributed by atoms with Crippen molar-refractivity contribution in [3.05, 3.63) is 29.8 Å². The van der Waals surface area contributed by atoms with E-state index in [4.69, 9.17) is 0 Å². The summed E-state index contributed by atoms with van der Waals surface area (Å²) in [6, 6.07) is 4.61. The number of aliphatic carboxylic acids is 1. The Bertz CT molecular complexity index is 466. The van der Waals surface area contributed by atoms with Crippen LogP contribution < -0.4 is 34.7 Å². The predicted octanol–water partition coefficient (Wildman–Crippen LogP) is -1.61. The fourth-order valence-electron chi connectivity index (χ4n) is 1.14. The molecule has 1 rings (SSSR count). The molecule has 1 aromatic rings. The minimum Gasteiger partial charge on any atom is -0.548 e. The summed E-state index contributed by atoms with van der Waals surface area (Å²) in [5, 5.41) is 17.8. The Labute approximate surface area is 129 Å². The predicted molar refractivity (Wildman–Crippen MR) is 53.6 cm³/mol. The van der Waals surface area contributed by atoms with Crippen molar-refractivity contribution in [2.45, 2.75) is 6.18 Å². The Morgan fingerprint density at radius 3 is 2.47 bits per heavy atom. The maximum atomic E-state index is 12.6. The van der Waals surface area contributed by atoms with Gasteiger partial charge in [-0.25, -0.2) is 0 Å². The van der Waals surface area contributed by atoms with Crippen molar-refractivity contribution in [3.63, 3.8) is 0 Å². The smallest absolute Gasteiger partial charge is 0.548 e. The molecule has 0 N–H and O–H groups in total. The fraction of sp³-hybridized carbons (Fsp3) is 0.300. The third-order valence-corrected chi connectivity index (χ3v) is 1.87. The van der Waals surface area contributed by atoms with E-state index in [1.54, 1.807) is 0 Å². The van der Waals surface area contributed by atoms with Gasteiger partial charge in [-0.3, -0.25) is 5.01 Å². The van der Waals surface area contributed by atoms with E-state index in [1.807, 2.05) is 0 Å². The second-order valence-electron chi connectivity index (χ2n) is 3.39. The molecule has 0 aromatic heterocycles. The maximum absolute atomic E-state index is 12.6. The quantitative estimate of drug-likeness (QED) is 0.379. The fourth-order valence-corrected chi connectivity index (χ4v) is 1.14. The van der Waals surface area contributed by atoms with E-state index in [9.17, 15) is 23.1 Å². The molecule has 1 aromatic carbocycles. The summed E-state index contributed by atoms with van der Waals surface area (Å²) < 4.78 is 37.7. The molecule has 0 fully saturated rings. The molecule has 0 amide bonds. The minimum atomic E-state index is -4.54. The molecule has 0 bridgehead atoms. The van der Waals surface area contributed by atoms with Crippen molar-refractivity contribution in [1.82, 2.24) is 5.01 Å². The van der Waals surface area contributed by atoms with Gasteiger partial charge in [-0.15, -0.1) is 5.11 Å². The molecule has 0 aliphatic carbocycles. The zero-order chi connectivity index (χ0) is 13.8. The van der Waals surface area contributed by atoms with Crippen molar-refractivity contribution < 1.29 is 52.6 Å². The van der Waals surface area contributed by atoms with Gasteiger partial charge in [0.1, 0.15) is 0 Å². The van der Waals surface area contributed by atoms with Crippen LogP contribution in [0.2, 0.25) is 0 Å². The Kier molecular flexibility index (Phi) is 7.02. The van der Waals surface area contributed by atoms with Gasteiger partial charge in [0.25, 0.3) is 0 Å². The van der Waals surface area contributed by atoms with Gasteiger partial charge in [0.15, 0.2) is 0 Å². The first-order chi connectivity index (χ1) is 8.30. The third kappa shape index (κ3) is 6.04. The van der Waals surface area contributed by atoms with Crippen LogP contribution in [0.25, 0.3) is 0 Å². The van der Waals surface area contributed by atoms with Gasteiger partial charge in [0, 0.05) is 7.05 Å². The van der Waals surface area contributed by atoms with E-state index < -0.39 is 24.3 Å². The van der Waals surface area contributed by atoms with Gasteiger partial charge in [0.05, 0.1) is 23.8 Å². The van der Waals surface area contributed by atoms with E-state index in [2.05, 4.69) is 10.3 Å². The number of hydrogen-bond donors (Lipinski definition) is 0. The van der Waals surface area contributed by atoms with Gasteiger partial charge < -0.3 is 9.90 Å². The summed E-state index contributed by atoms with van der Waals surface area (Å²) in [5.41, 5.74) is -1.31. The summed E-state index contributed by atoms with van der Waals surface area (Å²) in [6.07, 6.45) is -4.54. The molecule has 0 heterocycles. The Morgan fingerprint density at radius 1 is 1.37 bits per heavy atom. The van der Waals surface area contributed by atoms with Crippen molar-refractivity contribution in [3.8, 4) is 0 Å². The van der Waals surface area contributed by atoms with Crippen LogP contribution in [0.15, 0.2) is 34.6 Å². The minimum absolute atomic E-state index is 0. The summed E-state index contributed by atoms with van der Waals surface area (Å²) in [5.74, 6) is -1.40. The van der Waals surface area contributed by atoms with Crippen molar-refractivity contribution >= 4 is 11.7 Å². The standard InChI is InChI=1S/C10H10F3N3O2.Na/c1-16(6-9(17)18)15-14-8-5-3-2-4-7(8)10(11,12)13;/h2-5H,6H2,1H3,(H,17,18);/q;+1/p-1. The van der Waals surface area contributed by atoms with Crippen molar-refractivity contribution in [1.29, 1.82) is 0 Å². The van der Waals surface area contributed by atoms with Crippen LogP contribution in [0, 0.1) is 0 Å². The van der Waals surface area contributed by atoms with Crippen molar-refractivity contribution in [2.24, 2.45) is 10.3 Å². The van der Waals surface area contributed by atoms with Crippen LogP contribution in [0.3, 0.4) is 0 Å². The van der Waals surface area contributed by atoms with Crippen molar-refractivity contribution in [2.75, 3.05) is 13.6 Å². The largest absolute Gasteiger partial charge is 1.00 e. The van der Waals surface area contributed by atoms with E-state index in [-0.39, 0.29) is 35.2 Å². The molecule has 98 valence electrons. The number of nitrogens with zero attached hydrogens (tertiary/aromatic N) is 3. The van der Waals surface area contributed by atoms with E-state index >= 15 is 0 Å². The molecule has 0 saturated carbocycles. The zero-order valence-corrected chi connectivity index (χ0v) is 12.3. The van der Waals surface area contributed by atoms with E-state index in [0.717, 1.165) is 17.1 Å². The summed E-state index contributed by atoms with van der Waals surface area (Å²) in [7, 11) is 1.26. The molecule has 0 radical (unpaired) electrons. The number of hydrogen-bond acceptors (Lipinski definition) is 4. The third-order valence-electron chi connectivity index (χ3n) is 1.87. The second kappa shape index (κ2) is 7.46. The van der Waals surface area contributed by atoms with E-state index in [1.165, 1.54) is 19.2 Å². The number of carboxylic acid groups (broad SMARTS) is 1. The van der Waals surface area contributed by atoms with Crippen LogP contribution in [0.5, 0.6) is 0 Å². The van der Waals surface area contributed by atoms with E-state index in [0.29, 0.717) is 0 Å². The van der Waals surface area contributed by atoms with Crippen LogP contribution in [0.1, 0.15) is 5.56 Å². The number of halogens is 3. The topological polar surface area (TPSA) is 68.1 Å². The van der Waals surface area contributed by atoms with Gasteiger partial charge >= 0.3 is 35.7 Å². The number of alkyl halides is 3. The molecule has 0 aliphatic heterocycles. The Balaban J connectivity index is 0.00000324. The van der Waals surface area contributed by atoms with Gasteiger partial charge in [0.2, 0.25) is 0 Å². The molecule has 0 atom stereocenters. The Hall–Kier alpha value is -1.12. The van der Waals surface area contributed by atoms with Crippen LogP contribution in [0.4, 0.5) is 18.9 Å². The molecule has 9 heteroatoms. The first kappa shape index (κ1) is 17.9. The number of rotatable bonds is 4. The van der Waals surface area contributed by atoms with Crippen LogP contribution >= 0.6 is 0 Å². The number of carbonyl (C=O) groups is 1. The maximum Gasteiger partial charge on any atom is 1.00 e. The number of carbonyl (C=O) groups excluding carboxylic acids is 1. The van der Waals surface area contributed by atoms with Crippen LogP contribution in [-0.4, -0.2) is 24.6 Å². The summed E-state index contributed by atoms with van der Waals surface area (Å²) in [6.45, 7) is -0.558. The first-order valence-electron chi connectivity index (χ1n) is 4.79. The molecule has 0 spiro atoms. The molecule has 5 nitrogen and oxygen atoms in total. The average Bonchev–Trinajstić information content (AvgIpc) is 2.24. The molecule has 0 saturated heterocycles. The number of benzene rings is 1. The zero-order valence-electron chi connectivity index (χ0n) is 10.3. The van der Waals surface area contributed by atoms with Gasteiger partial charge in [-0.2, -0.15) is 13.2 Å². The average molecular weight is 283 g/mol. The monoisotopic (exact) mass is 283 g/mol. The number of carboxylic acids is 1. The molecular formula is C10H9F3N3NaO2. The van der Waals surface area contributed by atoms with Crippen LogP contribution in [-0.2, 0) is 11.0 Å². The SMILES string of the molecule is CN(CC(=O)[O-])N=Nc1ccccc1C(F)(F)F.[Na+]. The molecule has 0 aliphatic rings. The number of likely N-dealkylation sites (N-methyl/N-ethyl adjacent to an activating group) is 1. The van der Waals surface area contributed by atoms with Gasteiger partial charge in [-0.1, -0.05) is 17.4 Å². The first-order valence-corrected chi connectivity index (χ1v) is 4.79. The Morgan fingerprint density at radius 2 is 1.95 bits per heavy atom. The second-order valence-corrected chi connectivity index (χ2v) is 3.39. The molecular weight excluding hydrogens is 274 g/mol. The molecule has 0 unspecified atom stereocenters. The molecule has 19 heavy (non-hydrogen) atoms. The summed E-state index contributed by atoms with van der Waals surface area (Å²) in [4.78, 5) is 10.2. The normalized spacial score (nSPS) is 11.2.